The average Bonchev–Trinajstić information content (AvgIpc) is 2.15. The van der Waals surface area contributed by atoms with Crippen molar-refractivity contribution in [3.05, 3.63) is 44.9 Å². The molecule has 2 aromatic heterocycles. The highest BCUT2D eigenvalue weighted by Crippen LogP contribution is 2.09. The Hall–Kier alpha value is -1.69. The zero-order valence-corrected chi connectivity index (χ0v) is 9.64. The summed E-state index contributed by atoms with van der Waals surface area (Å²) in [4.78, 5) is 26.3. The van der Waals surface area contributed by atoms with Crippen LogP contribution in [-0.2, 0) is 11.2 Å². The van der Waals surface area contributed by atoms with E-state index in [-0.39, 0.29) is 17.7 Å². The summed E-state index contributed by atoms with van der Waals surface area (Å²) < 4.78 is 1.95. The molecule has 0 aliphatic rings. The number of carboxylic acid groups (broad SMARTS) is 1. The number of nitrogens with zero attached hydrogens (tertiary/aromatic N) is 2. The van der Waals surface area contributed by atoms with Crippen LogP contribution in [0.3, 0.4) is 0 Å². The molecule has 1 N–H and O–H groups in total. The maximum Gasteiger partial charge on any atom is 0.309 e. The zero-order valence-electron chi connectivity index (χ0n) is 8.05. The lowest BCUT2D eigenvalue weighted by molar-refractivity contribution is -0.136. The minimum atomic E-state index is -1.01. The zero-order chi connectivity index (χ0) is 11.7. The summed E-state index contributed by atoms with van der Waals surface area (Å²) in [6.45, 7) is 0. The van der Waals surface area contributed by atoms with Gasteiger partial charge in [-0.05, 0) is 28.1 Å². The van der Waals surface area contributed by atoms with Gasteiger partial charge in [0.2, 0.25) is 0 Å². The molecule has 82 valence electrons. The van der Waals surface area contributed by atoms with Gasteiger partial charge in [0.05, 0.1) is 16.7 Å². The van der Waals surface area contributed by atoms with Crippen LogP contribution in [0.2, 0.25) is 0 Å². The lowest BCUT2D eigenvalue weighted by Crippen LogP contribution is -2.17. The van der Waals surface area contributed by atoms with Crippen LogP contribution >= 0.6 is 15.9 Å². The number of hydrogen-bond donors (Lipinski definition) is 1. The topological polar surface area (TPSA) is 71.7 Å². The molecular weight excluding hydrogens is 276 g/mol. The second-order valence-electron chi connectivity index (χ2n) is 3.20. The number of hydrogen-bond acceptors (Lipinski definition) is 3. The largest absolute Gasteiger partial charge is 0.481 e. The van der Waals surface area contributed by atoms with Crippen LogP contribution in [-0.4, -0.2) is 20.5 Å². The fourth-order valence-corrected chi connectivity index (χ4v) is 1.92. The molecule has 0 saturated carbocycles. The van der Waals surface area contributed by atoms with Crippen molar-refractivity contribution in [2.45, 2.75) is 6.42 Å². The maximum atomic E-state index is 11.7. The Morgan fingerprint density at radius 1 is 1.50 bits per heavy atom. The van der Waals surface area contributed by atoms with E-state index < -0.39 is 5.97 Å². The van der Waals surface area contributed by atoms with Gasteiger partial charge in [0, 0.05) is 6.07 Å². The van der Waals surface area contributed by atoms with Crippen molar-refractivity contribution in [3.63, 3.8) is 0 Å². The Bertz CT molecular complexity index is 621. The summed E-state index contributed by atoms with van der Waals surface area (Å²) in [5.41, 5.74) is 0.391. The molecule has 2 heterocycles. The van der Waals surface area contributed by atoms with Crippen molar-refractivity contribution >= 4 is 27.5 Å². The third-order valence-corrected chi connectivity index (χ3v) is 2.64. The molecule has 0 aromatic carbocycles. The van der Waals surface area contributed by atoms with Gasteiger partial charge in [-0.1, -0.05) is 6.07 Å². The van der Waals surface area contributed by atoms with Gasteiger partial charge in [0.15, 0.2) is 0 Å². The Morgan fingerprint density at radius 3 is 2.94 bits per heavy atom. The van der Waals surface area contributed by atoms with Crippen molar-refractivity contribution in [1.29, 1.82) is 0 Å². The first kappa shape index (κ1) is 10.8. The van der Waals surface area contributed by atoms with Crippen LogP contribution in [0.4, 0.5) is 0 Å². The van der Waals surface area contributed by atoms with Crippen LogP contribution in [0, 0.1) is 0 Å². The standard InChI is InChI=1S/C10H7BrN2O3/c11-7-2-1-3-8-12-6(5-10(15)16)4-9(14)13(7)8/h1-4H,5H2,(H,15,16). The lowest BCUT2D eigenvalue weighted by Gasteiger charge is -2.03. The van der Waals surface area contributed by atoms with Gasteiger partial charge in [-0.2, -0.15) is 0 Å². The SMILES string of the molecule is O=C(O)Cc1cc(=O)n2c(Br)cccc2n1. The Labute approximate surface area is 98.5 Å². The van der Waals surface area contributed by atoms with E-state index in [2.05, 4.69) is 20.9 Å². The summed E-state index contributed by atoms with van der Waals surface area (Å²) in [5.74, 6) is -1.01. The van der Waals surface area contributed by atoms with E-state index in [1.54, 1.807) is 18.2 Å². The highest BCUT2D eigenvalue weighted by atomic mass is 79.9. The highest BCUT2D eigenvalue weighted by molar-refractivity contribution is 9.10. The fraction of sp³-hybridized carbons (Fsp3) is 0.100. The van der Waals surface area contributed by atoms with E-state index >= 15 is 0 Å². The molecule has 0 saturated heterocycles. The molecule has 2 rings (SSSR count). The number of rotatable bonds is 2. The van der Waals surface area contributed by atoms with E-state index in [9.17, 15) is 9.59 Å². The first-order chi connectivity index (χ1) is 7.58. The van der Waals surface area contributed by atoms with Crippen molar-refractivity contribution < 1.29 is 9.90 Å². The maximum absolute atomic E-state index is 11.7. The van der Waals surface area contributed by atoms with Crippen molar-refractivity contribution in [3.8, 4) is 0 Å². The molecule has 6 heteroatoms. The lowest BCUT2D eigenvalue weighted by atomic mass is 10.3. The van der Waals surface area contributed by atoms with Crippen molar-refractivity contribution in [2.24, 2.45) is 0 Å². The number of aliphatic carboxylic acids is 1. The minimum Gasteiger partial charge on any atom is -0.481 e. The third-order valence-electron chi connectivity index (χ3n) is 2.02. The van der Waals surface area contributed by atoms with Crippen LogP contribution in [0.1, 0.15) is 5.69 Å². The second-order valence-corrected chi connectivity index (χ2v) is 4.01. The predicted molar refractivity (Wildman–Crippen MR) is 60.5 cm³/mol. The Morgan fingerprint density at radius 2 is 2.25 bits per heavy atom. The third kappa shape index (κ3) is 1.96. The van der Waals surface area contributed by atoms with Crippen LogP contribution in [0.5, 0.6) is 0 Å². The van der Waals surface area contributed by atoms with Gasteiger partial charge in [-0.15, -0.1) is 0 Å². The van der Waals surface area contributed by atoms with Gasteiger partial charge in [-0.3, -0.25) is 14.0 Å². The normalized spacial score (nSPS) is 10.6. The number of aromatic nitrogens is 2. The molecule has 16 heavy (non-hydrogen) atoms. The monoisotopic (exact) mass is 282 g/mol. The van der Waals surface area contributed by atoms with Gasteiger partial charge >= 0.3 is 5.97 Å². The van der Waals surface area contributed by atoms with Gasteiger partial charge in [-0.25, -0.2) is 4.98 Å². The van der Waals surface area contributed by atoms with Gasteiger partial charge < -0.3 is 5.11 Å². The molecule has 0 spiro atoms. The minimum absolute atomic E-state index is 0.252. The Kier molecular flexibility index (Phi) is 2.74. The number of fused-ring (bicyclic) bond motifs is 1. The molecular formula is C10H7BrN2O3. The fourth-order valence-electron chi connectivity index (χ4n) is 1.41. The molecule has 0 fully saturated rings. The number of carboxylic acids is 1. The van der Waals surface area contributed by atoms with Gasteiger partial charge in [0.25, 0.3) is 5.56 Å². The number of carbonyl (C=O) groups is 1. The molecule has 5 nitrogen and oxygen atoms in total. The first-order valence-corrected chi connectivity index (χ1v) is 5.26. The summed E-state index contributed by atoms with van der Waals surface area (Å²) in [7, 11) is 0. The van der Waals surface area contributed by atoms with E-state index in [0.29, 0.717) is 10.3 Å². The summed E-state index contributed by atoms with van der Waals surface area (Å²) in [6, 6.07) is 6.33. The van der Waals surface area contributed by atoms with Crippen LogP contribution in [0.15, 0.2) is 33.7 Å². The molecule has 0 amide bonds. The Balaban J connectivity index is 2.69. The molecule has 0 atom stereocenters. The van der Waals surface area contributed by atoms with Crippen LogP contribution < -0.4 is 5.56 Å². The van der Waals surface area contributed by atoms with Crippen molar-refractivity contribution in [2.75, 3.05) is 0 Å². The molecule has 2 aromatic rings. The quantitative estimate of drug-likeness (QED) is 0.837. The van der Waals surface area contributed by atoms with E-state index in [1.807, 2.05) is 0 Å². The molecule has 0 unspecified atom stereocenters. The predicted octanol–water partition coefficient (Wildman–Crippen LogP) is 1.08. The van der Waals surface area contributed by atoms with E-state index in [0.717, 1.165) is 0 Å². The van der Waals surface area contributed by atoms with Gasteiger partial charge in [0.1, 0.15) is 5.65 Å². The first-order valence-electron chi connectivity index (χ1n) is 4.47. The smallest absolute Gasteiger partial charge is 0.309 e. The van der Waals surface area contributed by atoms with Crippen molar-refractivity contribution in [1.82, 2.24) is 9.38 Å². The molecule has 0 bridgehead atoms. The highest BCUT2D eigenvalue weighted by Gasteiger charge is 2.07. The second kappa shape index (κ2) is 4.05. The van der Waals surface area contributed by atoms with Crippen LogP contribution in [0.25, 0.3) is 5.65 Å². The molecule has 0 aliphatic heterocycles. The average molecular weight is 283 g/mol. The molecule has 0 aliphatic carbocycles. The summed E-state index contributed by atoms with van der Waals surface area (Å²) in [6.07, 6.45) is -0.252. The molecule has 0 radical (unpaired) electrons. The van der Waals surface area contributed by atoms with E-state index in [1.165, 1.54) is 10.5 Å². The number of halogens is 1. The number of pyridine rings is 1. The summed E-state index contributed by atoms with van der Waals surface area (Å²) in [5, 5.41) is 8.63. The summed E-state index contributed by atoms with van der Waals surface area (Å²) >= 11 is 3.23. The van der Waals surface area contributed by atoms with E-state index in [4.69, 9.17) is 5.11 Å².